The van der Waals surface area contributed by atoms with Gasteiger partial charge < -0.3 is 14.2 Å². The van der Waals surface area contributed by atoms with Crippen molar-refractivity contribution in [3.63, 3.8) is 0 Å². The quantitative estimate of drug-likeness (QED) is 0.0261. The number of rotatable bonds is 51. The second-order valence-electron chi connectivity index (χ2n) is 18.8. The summed E-state index contributed by atoms with van der Waals surface area (Å²) >= 11 is 0. The lowest BCUT2D eigenvalue weighted by molar-refractivity contribution is -0.166. The first kappa shape index (κ1) is 68.3. The molecule has 0 aromatic carbocycles. The molecular weight excluding hydrogens is 901 g/mol. The van der Waals surface area contributed by atoms with Crippen molar-refractivity contribution in [3.05, 3.63) is 146 Å². The van der Waals surface area contributed by atoms with E-state index in [1.54, 1.807) is 0 Å². The molecule has 6 heteroatoms. The molecule has 0 aromatic heterocycles. The summed E-state index contributed by atoms with van der Waals surface area (Å²) in [5.41, 5.74) is 0. The zero-order chi connectivity index (χ0) is 52.9. The number of ether oxygens (including phenoxy) is 3. The van der Waals surface area contributed by atoms with E-state index in [1.165, 1.54) is 77.0 Å². The molecule has 73 heavy (non-hydrogen) atoms. The van der Waals surface area contributed by atoms with Gasteiger partial charge in [0, 0.05) is 19.3 Å². The fourth-order valence-corrected chi connectivity index (χ4v) is 7.56. The first-order valence-electron chi connectivity index (χ1n) is 29.3. The highest BCUT2D eigenvalue weighted by atomic mass is 16.6. The van der Waals surface area contributed by atoms with Crippen LogP contribution in [0.5, 0.6) is 0 Å². The van der Waals surface area contributed by atoms with Crippen LogP contribution in [0, 0.1) is 0 Å². The van der Waals surface area contributed by atoms with Crippen molar-refractivity contribution >= 4 is 17.9 Å². The van der Waals surface area contributed by atoms with Gasteiger partial charge in [-0.05, 0) is 122 Å². The molecule has 1 atom stereocenters. The van der Waals surface area contributed by atoms with E-state index in [0.29, 0.717) is 19.3 Å². The topological polar surface area (TPSA) is 78.9 Å². The van der Waals surface area contributed by atoms with Gasteiger partial charge in [-0.15, -0.1) is 0 Å². The Balaban J connectivity index is 4.36. The van der Waals surface area contributed by atoms with E-state index in [0.717, 1.165) is 109 Å². The molecule has 0 saturated heterocycles. The van der Waals surface area contributed by atoms with Crippen LogP contribution in [0.1, 0.15) is 239 Å². The Morgan fingerprint density at radius 2 is 0.521 bits per heavy atom. The third-order valence-corrected chi connectivity index (χ3v) is 11.8. The number of esters is 3. The van der Waals surface area contributed by atoms with Crippen LogP contribution in [0.15, 0.2) is 146 Å². The second-order valence-corrected chi connectivity index (χ2v) is 18.8. The standard InChI is InChI=1S/C67H106O6/c1-4-7-10-13-16-19-22-25-27-28-29-30-31-32-33-34-35-36-37-38-40-42-45-48-51-54-57-60-66(69)72-63-64(62-71-65(68)59-56-53-50-47-44-41-24-21-18-15-12-9-6-3)73-67(70)61-58-55-52-49-46-43-39-26-23-20-17-14-11-8-5-2/h7-12,16-21,25-27,29-30,39,41,44,46,49-50,53,64H,4-6,13-15,22-24,28,31-38,40,42-43,45,47-48,51-52,54-63H2,1-3H3/b10-7-,11-8-,12-9-,19-16-,20-17-,21-18-,27-25-,30-29-,39-26-,44-41-,49-46-,53-50-. The molecule has 0 saturated carbocycles. The molecular formula is C67H106O6. The molecule has 0 amide bonds. The summed E-state index contributed by atoms with van der Waals surface area (Å²) in [6.07, 6.45) is 85.9. The number of hydrogen-bond donors (Lipinski definition) is 0. The minimum absolute atomic E-state index is 0.122. The lowest BCUT2D eigenvalue weighted by Crippen LogP contribution is -2.30. The van der Waals surface area contributed by atoms with Crippen LogP contribution < -0.4 is 0 Å². The minimum atomic E-state index is -0.834. The Morgan fingerprint density at radius 3 is 0.877 bits per heavy atom. The Hall–Kier alpha value is -4.71. The summed E-state index contributed by atoms with van der Waals surface area (Å²) in [5.74, 6) is -1.06. The van der Waals surface area contributed by atoms with Crippen LogP contribution in [0.4, 0.5) is 0 Å². The van der Waals surface area contributed by atoms with Crippen molar-refractivity contribution in [2.24, 2.45) is 0 Å². The summed E-state index contributed by atoms with van der Waals surface area (Å²) in [6, 6.07) is 0. The SMILES string of the molecule is CC/C=C\C/C=C\C/C=C\C/C=C\CCCCCCCCCCCCCCCCC(=O)OCC(COC(=O)CC/C=C\C/C=C\C/C=C\C/C=C\CC)OC(=O)CCCC/C=C\C/C=C\C/C=C\C/C=C\CC. The molecule has 0 aromatic rings. The first-order valence-corrected chi connectivity index (χ1v) is 29.3. The third-order valence-electron chi connectivity index (χ3n) is 11.8. The van der Waals surface area contributed by atoms with Crippen molar-refractivity contribution in [2.45, 2.75) is 245 Å². The molecule has 0 spiro atoms. The third kappa shape index (κ3) is 58.1. The lowest BCUT2D eigenvalue weighted by atomic mass is 10.0. The first-order chi connectivity index (χ1) is 36.0. The summed E-state index contributed by atoms with van der Waals surface area (Å²) in [5, 5.41) is 0. The zero-order valence-electron chi connectivity index (χ0n) is 46.8. The number of allylic oxidation sites excluding steroid dienone is 24. The maximum Gasteiger partial charge on any atom is 0.306 e. The van der Waals surface area contributed by atoms with Crippen molar-refractivity contribution < 1.29 is 28.6 Å². The highest BCUT2D eigenvalue weighted by molar-refractivity contribution is 5.71. The van der Waals surface area contributed by atoms with Gasteiger partial charge in [-0.2, -0.15) is 0 Å². The van der Waals surface area contributed by atoms with E-state index in [2.05, 4.69) is 154 Å². The Bertz CT molecular complexity index is 1630. The average Bonchev–Trinajstić information content (AvgIpc) is 3.39. The number of carbonyl (C=O) groups excluding carboxylic acids is 3. The van der Waals surface area contributed by atoms with Crippen LogP contribution in [0.2, 0.25) is 0 Å². The van der Waals surface area contributed by atoms with Gasteiger partial charge in [-0.3, -0.25) is 14.4 Å². The van der Waals surface area contributed by atoms with Crippen molar-refractivity contribution in [1.82, 2.24) is 0 Å². The maximum absolute atomic E-state index is 12.8. The van der Waals surface area contributed by atoms with Crippen LogP contribution in [-0.4, -0.2) is 37.2 Å². The molecule has 0 aliphatic rings. The van der Waals surface area contributed by atoms with Crippen LogP contribution in [0.25, 0.3) is 0 Å². The summed E-state index contributed by atoms with van der Waals surface area (Å²) in [4.78, 5) is 38.1. The van der Waals surface area contributed by atoms with E-state index >= 15 is 0 Å². The smallest absolute Gasteiger partial charge is 0.306 e. The Kier molecular flexibility index (Phi) is 56.0. The van der Waals surface area contributed by atoms with Crippen molar-refractivity contribution in [1.29, 1.82) is 0 Å². The van der Waals surface area contributed by atoms with Gasteiger partial charge in [0.2, 0.25) is 0 Å². The predicted molar refractivity (Wildman–Crippen MR) is 315 cm³/mol. The molecule has 0 rings (SSSR count). The largest absolute Gasteiger partial charge is 0.462 e. The zero-order valence-corrected chi connectivity index (χ0v) is 46.8. The number of unbranched alkanes of at least 4 members (excludes halogenated alkanes) is 16. The fourth-order valence-electron chi connectivity index (χ4n) is 7.56. The van der Waals surface area contributed by atoms with Gasteiger partial charge >= 0.3 is 17.9 Å². The molecule has 1 unspecified atom stereocenters. The van der Waals surface area contributed by atoms with Crippen molar-refractivity contribution in [2.75, 3.05) is 13.2 Å². The maximum atomic E-state index is 12.8. The summed E-state index contributed by atoms with van der Waals surface area (Å²) in [7, 11) is 0. The highest BCUT2D eigenvalue weighted by Gasteiger charge is 2.19. The minimum Gasteiger partial charge on any atom is -0.462 e. The van der Waals surface area contributed by atoms with Gasteiger partial charge in [0.1, 0.15) is 13.2 Å². The van der Waals surface area contributed by atoms with E-state index in [-0.39, 0.29) is 44.0 Å². The van der Waals surface area contributed by atoms with E-state index in [4.69, 9.17) is 14.2 Å². The van der Waals surface area contributed by atoms with Gasteiger partial charge in [0.05, 0.1) is 0 Å². The Labute approximate surface area is 448 Å². The second kappa shape index (κ2) is 59.8. The molecule has 0 heterocycles. The van der Waals surface area contributed by atoms with E-state index in [1.807, 2.05) is 12.2 Å². The molecule has 0 fully saturated rings. The van der Waals surface area contributed by atoms with Gasteiger partial charge in [-0.25, -0.2) is 0 Å². The average molecular weight is 1010 g/mol. The summed E-state index contributed by atoms with van der Waals surface area (Å²) in [6.45, 7) is 6.19. The fraction of sp³-hybridized carbons (Fsp3) is 0.597. The van der Waals surface area contributed by atoms with Gasteiger partial charge in [-0.1, -0.05) is 244 Å². The van der Waals surface area contributed by atoms with Crippen molar-refractivity contribution in [3.8, 4) is 0 Å². The van der Waals surface area contributed by atoms with E-state index in [9.17, 15) is 14.4 Å². The summed E-state index contributed by atoms with van der Waals surface area (Å²) < 4.78 is 16.7. The molecule has 410 valence electrons. The molecule has 0 bridgehead atoms. The van der Waals surface area contributed by atoms with Crippen LogP contribution in [-0.2, 0) is 28.6 Å². The Morgan fingerprint density at radius 1 is 0.274 bits per heavy atom. The molecule has 0 N–H and O–H groups in total. The number of hydrogen-bond acceptors (Lipinski definition) is 6. The molecule has 0 aliphatic heterocycles. The number of carbonyl (C=O) groups is 3. The highest BCUT2D eigenvalue weighted by Crippen LogP contribution is 2.15. The normalized spacial score (nSPS) is 13.2. The molecule has 0 aliphatic carbocycles. The van der Waals surface area contributed by atoms with Crippen LogP contribution in [0.3, 0.4) is 0 Å². The van der Waals surface area contributed by atoms with Crippen LogP contribution >= 0.6 is 0 Å². The molecule has 6 nitrogen and oxygen atoms in total. The van der Waals surface area contributed by atoms with Gasteiger partial charge in [0.25, 0.3) is 0 Å². The lowest BCUT2D eigenvalue weighted by Gasteiger charge is -2.18. The van der Waals surface area contributed by atoms with E-state index < -0.39 is 6.10 Å². The molecule has 0 radical (unpaired) electrons. The van der Waals surface area contributed by atoms with Gasteiger partial charge in [0.15, 0.2) is 6.10 Å². The predicted octanol–water partition coefficient (Wildman–Crippen LogP) is 20.0. The monoisotopic (exact) mass is 1010 g/mol.